The molecule has 6 heteroatoms. The largest absolute Gasteiger partial charge is 0.372 e. The van der Waals surface area contributed by atoms with E-state index in [0.717, 1.165) is 37.7 Å². The maximum atomic E-state index is 12.5. The van der Waals surface area contributed by atoms with Crippen molar-refractivity contribution in [3.8, 4) is 0 Å². The van der Waals surface area contributed by atoms with Crippen LogP contribution in [-0.2, 0) is 0 Å². The number of piperazine rings is 1. The van der Waals surface area contributed by atoms with Crippen molar-refractivity contribution in [3.05, 3.63) is 48.7 Å². The predicted molar refractivity (Wildman–Crippen MR) is 107 cm³/mol. The molecular weight excluding hydrogens is 326 g/mol. The average molecular weight is 353 g/mol. The third-order valence-corrected chi connectivity index (χ3v) is 4.79. The molecule has 1 fully saturated rings. The molecule has 1 aromatic carbocycles. The first-order valence-corrected chi connectivity index (χ1v) is 9.28. The number of nitrogens with one attached hydrogen (secondary N) is 1. The highest BCUT2D eigenvalue weighted by molar-refractivity contribution is 5.89. The van der Waals surface area contributed by atoms with Gasteiger partial charge in [0.1, 0.15) is 5.82 Å². The number of anilines is 3. The Bertz CT molecular complexity index is 692. The molecule has 1 saturated heterocycles. The van der Waals surface area contributed by atoms with Gasteiger partial charge in [-0.3, -0.25) is 0 Å². The Morgan fingerprint density at radius 3 is 2.31 bits per heavy atom. The summed E-state index contributed by atoms with van der Waals surface area (Å²) in [4.78, 5) is 23.2. The van der Waals surface area contributed by atoms with Crippen molar-refractivity contribution in [2.75, 3.05) is 54.4 Å². The molecule has 0 unspecified atom stereocenters. The van der Waals surface area contributed by atoms with E-state index in [9.17, 15) is 4.79 Å². The van der Waals surface area contributed by atoms with Gasteiger partial charge in [-0.05, 0) is 50.2 Å². The molecule has 6 nitrogen and oxygen atoms in total. The van der Waals surface area contributed by atoms with E-state index < -0.39 is 0 Å². The van der Waals surface area contributed by atoms with E-state index in [1.165, 1.54) is 5.69 Å². The van der Waals surface area contributed by atoms with Gasteiger partial charge in [0.05, 0.1) is 0 Å². The van der Waals surface area contributed by atoms with E-state index in [0.29, 0.717) is 13.1 Å². The van der Waals surface area contributed by atoms with Crippen LogP contribution in [0, 0.1) is 0 Å². The van der Waals surface area contributed by atoms with Gasteiger partial charge in [0.2, 0.25) is 0 Å². The molecule has 0 radical (unpaired) electrons. The summed E-state index contributed by atoms with van der Waals surface area (Å²) in [7, 11) is 0. The van der Waals surface area contributed by atoms with E-state index in [2.05, 4.69) is 46.1 Å². The number of carbonyl (C=O) groups excluding carboxylic acids is 1. The number of nitrogens with zero attached hydrogens (tertiary/aromatic N) is 4. The Balaban J connectivity index is 1.53. The quantitative estimate of drug-likeness (QED) is 0.896. The van der Waals surface area contributed by atoms with Crippen LogP contribution in [0.15, 0.2) is 48.7 Å². The fourth-order valence-corrected chi connectivity index (χ4v) is 3.23. The number of amides is 2. The minimum absolute atomic E-state index is 0.0405. The molecule has 138 valence electrons. The summed E-state index contributed by atoms with van der Waals surface area (Å²) in [6.07, 6.45) is 1.80. The molecular formula is C20H27N5O. The van der Waals surface area contributed by atoms with Crippen molar-refractivity contribution in [1.82, 2.24) is 9.88 Å². The predicted octanol–water partition coefficient (Wildman–Crippen LogP) is 3.28. The standard InChI is InChI=1S/C20H27N5O/c1-3-23(4-2)18-10-8-17(9-11-18)22-20(26)25-15-13-24(14-16-25)19-7-5-6-12-21-19/h5-12H,3-4,13-16H2,1-2H3,(H,22,26). The SMILES string of the molecule is CCN(CC)c1ccc(NC(=O)N2CCN(c3ccccn3)CC2)cc1. The average Bonchev–Trinajstić information content (AvgIpc) is 2.71. The number of pyridine rings is 1. The zero-order chi connectivity index (χ0) is 18.4. The monoisotopic (exact) mass is 353 g/mol. The van der Waals surface area contributed by atoms with E-state index in [-0.39, 0.29) is 6.03 Å². The molecule has 0 atom stereocenters. The van der Waals surface area contributed by atoms with Gasteiger partial charge < -0.3 is 20.0 Å². The van der Waals surface area contributed by atoms with Crippen molar-refractivity contribution in [2.45, 2.75) is 13.8 Å². The number of rotatable bonds is 5. The fourth-order valence-electron chi connectivity index (χ4n) is 3.23. The van der Waals surface area contributed by atoms with E-state index in [1.54, 1.807) is 6.20 Å². The Morgan fingerprint density at radius 2 is 1.73 bits per heavy atom. The lowest BCUT2D eigenvalue weighted by atomic mass is 10.2. The molecule has 1 aromatic heterocycles. The van der Waals surface area contributed by atoms with Crippen LogP contribution < -0.4 is 15.1 Å². The molecule has 26 heavy (non-hydrogen) atoms. The summed E-state index contributed by atoms with van der Waals surface area (Å²) in [5, 5.41) is 3.00. The first-order valence-electron chi connectivity index (χ1n) is 9.28. The van der Waals surface area contributed by atoms with Gasteiger partial charge in [-0.1, -0.05) is 6.07 Å². The zero-order valence-corrected chi connectivity index (χ0v) is 15.6. The minimum Gasteiger partial charge on any atom is -0.372 e. The minimum atomic E-state index is -0.0405. The molecule has 0 spiro atoms. The maximum absolute atomic E-state index is 12.5. The molecule has 1 aliphatic heterocycles. The molecule has 1 N–H and O–H groups in total. The van der Waals surface area contributed by atoms with Crippen LogP contribution in [0.2, 0.25) is 0 Å². The lowest BCUT2D eigenvalue weighted by molar-refractivity contribution is 0.208. The molecule has 3 rings (SSSR count). The van der Waals surface area contributed by atoms with Gasteiger partial charge in [-0.2, -0.15) is 0 Å². The molecule has 0 aliphatic carbocycles. The first-order chi connectivity index (χ1) is 12.7. The Kier molecular flexibility index (Phi) is 5.94. The van der Waals surface area contributed by atoms with Gasteiger partial charge in [0.25, 0.3) is 0 Å². The normalized spacial score (nSPS) is 14.2. The molecule has 2 amide bonds. The summed E-state index contributed by atoms with van der Waals surface area (Å²) in [5.74, 6) is 0.972. The van der Waals surface area contributed by atoms with Crippen molar-refractivity contribution in [3.63, 3.8) is 0 Å². The lowest BCUT2D eigenvalue weighted by Gasteiger charge is -2.35. The van der Waals surface area contributed by atoms with Crippen LogP contribution in [0.3, 0.4) is 0 Å². The van der Waals surface area contributed by atoms with Crippen molar-refractivity contribution < 1.29 is 4.79 Å². The van der Waals surface area contributed by atoms with E-state index in [4.69, 9.17) is 0 Å². The van der Waals surface area contributed by atoms with E-state index in [1.807, 2.05) is 35.2 Å². The molecule has 0 bridgehead atoms. The van der Waals surface area contributed by atoms with Crippen molar-refractivity contribution >= 4 is 23.2 Å². The Labute approximate surface area is 155 Å². The molecule has 2 aromatic rings. The second-order valence-electron chi connectivity index (χ2n) is 6.31. The van der Waals surface area contributed by atoms with Crippen LogP contribution in [0.25, 0.3) is 0 Å². The number of carbonyl (C=O) groups is 1. The fraction of sp³-hybridized carbons (Fsp3) is 0.400. The third kappa shape index (κ3) is 4.25. The van der Waals surface area contributed by atoms with Crippen molar-refractivity contribution in [1.29, 1.82) is 0 Å². The number of urea groups is 1. The van der Waals surface area contributed by atoms with E-state index >= 15 is 0 Å². The smallest absolute Gasteiger partial charge is 0.321 e. The number of hydrogen-bond acceptors (Lipinski definition) is 4. The molecule has 0 saturated carbocycles. The Hall–Kier alpha value is -2.76. The summed E-state index contributed by atoms with van der Waals surface area (Å²) in [5.41, 5.74) is 2.01. The van der Waals surface area contributed by atoms with Gasteiger partial charge in [-0.15, -0.1) is 0 Å². The summed E-state index contributed by atoms with van der Waals surface area (Å²) in [6, 6.07) is 13.9. The van der Waals surface area contributed by atoms with Gasteiger partial charge in [0.15, 0.2) is 0 Å². The Morgan fingerprint density at radius 1 is 1.04 bits per heavy atom. The van der Waals surface area contributed by atoms with Crippen molar-refractivity contribution in [2.24, 2.45) is 0 Å². The second kappa shape index (κ2) is 8.56. The zero-order valence-electron chi connectivity index (χ0n) is 15.6. The van der Waals surface area contributed by atoms with Crippen LogP contribution in [0.5, 0.6) is 0 Å². The van der Waals surface area contributed by atoms with Gasteiger partial charge >= 0.3 is 6.03 Å². The number of benzene rings is 1. The number of hydrogen-bond donors (Lipinski definition) is 1. The second-order valence-corrected chi connectivity index (χ2v) is 6.31. The topological polar surface area (TPSA) is 51.7 Å². The first kappa shape index (κ1) is 18.0. The van der Waals surface area contributed by atoms with Crippen LogP contribution in [0.1, 0.15) is 13.8 Å². The highest BCUT2D eigenvalue weighted by Crippen LogP contribution is 2.18. The van der Waals surface area contributed by atoms with Gasteiger partial charge in [0, 0.05) is 56.8 Å². The summed E-state index contributed by atoms with van der Waals surface area (Å²) < 4.78 is 0. The molecule has 1 aliphatic rings. The lowest BCUT2D eigenvalue weighted by Crippen LogP contribution is -2.50. The van der Waals surface area contributed by atoms with Crippen LogP contribution >= 0.6 is 0 Å². The highest BCUT2D eigenvalue weighted by Gasteiger charge is 2.21. The summed E-state index contributed by atoms with van der Waals surface area (Å²) >= 11 is 0. The number of aromatic nitrogens is 1. The maximum Gasteiger partial charge on any atom is 0.321 e. The van der Waals surface area contributed by atoms with Crippen LogP contribution in [0.4, 0.5) is 22.0 Å². The third-order valence-electron chi connectivity index (χ3n) is 4.79. The highest BCUT2D eigenvalue weighted by atomic mass is 16.2. The van der Waals surface area contributed by atoms with Gasteiger partial charge in [-0.25, -0.2) is 9.78 Å². The molecule has 2 heterocycles. The summed E-state index contributed by atoms with van der Waals surface area (Å²) in [6.45, 7) is 9.22. The van der Waals surface area contributed by atoms with Crippen LogP contribution in [-0.4, -0.2) is 55.2 Å².